The second-order valence-electron chi connectivity index (χ2n) is 10.5. The Balaban J connectivity index is 1.23. The van der Waals surface area contributed by atoms with Crippen molar-refractivity contribution in [2.24, 2.45) is 5.41 Å². The van der Waals surface area contributed by atoms with Gasteiger partial charge in [-0.25, -0.2) is 14.8 Å². The first-order chi connectivity index (χ1) is 19.9. The third-order valence-corrected chi connectivity index (χ3v) is 7.52. The van der Waals surface area contributed by atoms with E-state index in [9.17, 15) is 9.59 Å². The molecule has 2 fully saturated rings. The van der Waals surface area contributed by atoms with Gasteiger partial charge in [-0.2, -0.15) is 0 Å². The maximum atomic E-state index is 13.5. The molecule has 1 amide bonds. The molecule has 41 heavy (non-hydrogen) atoms. The second kappa shape index (κ2) is 12.4. The average molecular weight is 561 g/mol. The Morgan fingerprint density at radius 2 is 1.93 bits per heavy atom. The summed E-state index contributed by atoms with van der Waals surface area (Å²) in [5.41, 5.74) is -0.330. The number of carbonyl (C=O) groups excluding carboxylic acids is 2. The van der Waals surface area contributed by atoms with Crippen LogP contribution in [0.25, 0.3) is 0 Å². The van der Waals surface area contributed by atoms with Crippen LogP contribution in [0.4, 0.5) is 17.5 Å². The highest BCUT2D eigenvalue weighted by Gasteiger charge is 2.42. The summed E-state index contributed by atoms with van der Waals surface area (Å²) in [6.07, 6.45) is 7.32. The summed E-state index contributed by atoms with van der Waals surface area (Å²) in [7, 11) is 1.34. The molecule has 2 aliphatic heterocycles. The Morgan fingerprint density at radius 3 is 2.73 bits per heavy atom. The molecule has 3 aromatic rings. The summed E-state index contributed by atoms with van der Waals surface area (Å²) < 4.78 is 16.9. The molecule has 2 atom stereocenters. The number of amides is 1. The molecule has 4 heterocycles. The quantitative estimate of drug-likeness (QED) is 0.385. The van der Waals surface area contributed by atoms with Crippen LogP contribution in [-0.4, -0.2) is 72.8 Å². The van der Waals surface area contributed by atoms with E-state index in [1.54, 1.807) is 30.7 Å². The van der Waals surface area contributed by atoms with E-state index in [0.29, 0.717) is 55.7 Å². The minimum absolute atomic E-state index is 0.0322. The molecule has 0 saturated carbocycles. The van der Waals surface area contributed by atoms with E-state index in [1.807, 2.05) is 43.0 Å². The normalized spacial score (nSPS) is 20.4. The second-order valence-corrected chi connectivity index (χ2v) is 10.5. The Kier molecular flexibility index (Phi) is 8.51. The molecule has 11 heteroatoms. The van der Waals surface area contributed by atoms with Crippen molar-refractivity contribution >= 4 is 29.3 Å². The SMILES string of the molecule is CCOc1ccccc1O[C@@H]1CCCN(c2cncc(NC(=O)C3(C)CCN(c4ncccc4C(=O)OC)C3)n2)C1. The number of aromatic nitrogens is 3. The minimum atomic E-state index is -0.708. The van der Waals surface area contributed by atoms with Crippen LogP contribution in [0.15, 0.2) is 55.0 Å². The fourth-order valence-corrected chi connectivity index (χ4v) is 5.33. The van der Waals surface area contributed by atoms with Gasteiger partial charge in [-0.05, 0) is 57.4 Å². The third-order valence-electron chi connectivity index (χ3n) is 7.52. The van der Waals surface area contributed by atoms with Crippen LogP contribution in [0.5, 0.6) is 11.5 Å². The summed E-state index contributed by atoms with van der Waals surface area (Å²) in [5, 5.41) is 2.97. The van der Waals surface area contributed by atoms with Gasteiger partial charge in [-0.1, -0.05) is 12.1 Å². The molecule has 0 spiro atoms. The highest BCUT2D eigenvalue weighted by Crippen LogP contribution is 2.35. The van der Waals surface area contributed by atoms with Gasteiger partial charge < -0.3 is 29.3 Å². The Morgan fingerprint density at radius 1 is 1.10 bits per heavy atom. The lowest BCUT2D eigenvalue weighted by Gasteiger charge is -2.34. The maximum absolute atomic E-state index is 13.5. The first kappa shape index (κ1) is 28.1. The molecule has 1 aromatic carbocycles. The number of carbonyl (C=O) groups is 2. The Bertz CT molecular complexity index is 1390. The lowest BCUT2D eigenvalue weighted by Crippen LogP contribution is -2.42. The lowest BCUT2D eigenvalue weighted by atomic mass is 9.89. The average Bonchev–Trinajstić information content (AvgIpc) is 3.41. The Hall–Kier alpha value is -4.41. The number of pyridine rings is 1. The number of benzene rings is 1. The van der Waals surface area contributed by atoms with Gasteiger partial charge in [0, 0.05) is 25.8 Å². The van der Waals surface area contributed by atoms with Crippen LogP contribution in [-0.2, 0) is 9.53 Å². The van der Waals surface area contributed by atoms with Crippen molar-refractivity contribution in [3.63, 3.8) is 0 Å². The van der Waals surface area contributed by atoms with E-state index in [1.165, 1.54) is 7.11 Å². The van der Waals surface area contributed by atoms with E-state index in [-0.39, 0.29) is 12.0 Å². The number of nitrogens with zero attached hydrogens (tertiary/aromatic N) is 5. The van der Waals surface area contributed by atoms with E-state index >= 15 is 0 Å². The first-order valence-corrected chi connectivity index (χ1v) is 14.0. The number of hydrogen-bond acceptors (Lipinski definition) is 10. The fourth-order valence-electron chi connectivity index (χ4n) is 5.33. The minimum Gasteiger partial charge on any atom is -0.490 e. The number of piperidine rings is 1. The van der Waals surface area contributed by atoms with E-state index in [2.05, 4.69) is 20.2 Å². The summed E-state index contributed by atoms with van der Waals surface area (Å²) in [5.74, 6) is 2.45. The largest absolute Gasteiger partial charge is 0.490 e. The molecular weight excluding hydrogens is 524 g/mol. The number of nitrogens with one attached hydrogen (secondary N) is 1. The number of ether oxygens (including phenoxy) is 3. The predicted octanol–water partition coefficient (Wildman–Crippen LogP) is 3.96. The van der Waals surface area contributed by atoms with Gasteiger partial charge in [0.05, 0.1) is 38.1 Å². The van der Waals surface area contributed by atoms with Gasteiger partial charge in [-0.15, -0.1) is 0 Å². The number of esters is 1. The molecule has 2 saturated heterocycles. The van der Waals surface area contributed by atoms with Crippen LogP contribution >= 0.6 is 0 Å². The van der Waals surface area contributed by atoms with Crippen molar-refractivity contribution < 1.29 is 23.8 Å². The molecule has 5 rings (SSSR count). The molecule has 11 nitrogen and oxygen atoms in total. The number of methoxy groups -OCH3 is 1. The van der Waals surface area contributed by atoms with E-state index in [4.69, 9.17) is 19.2 Å². The molecule has 2 aliphatic rings. The highest BCUT2D eigenvalue weighted by molar-refractivity contribution is 5.97. The van der Waals surface area contributed by atoms with Crippen molar-refractivity contribution in [3.05, 3.63) is 60.6 Å². The molecule has 1 unspecified atom stereocenters. The van der Waals surface area contributed by atoms with Crippen LogP contribution in [0.2, 0.25) is 0 Å². The van der Waals surface area contributed by atoms with Gasteiger partial charge in [0.2, 0.25) is 5.91 Å². The van der Waals surface area contributed by atoms with Crippen molar-refractivity contribution in [1.29, 1.82) is 0 Å². The van der Waals surface area contributed by atoms with E-state index < -0.39 is 11.4 Å². The zero-order valence-corrected chi connectivity index (χ0v) is 23.7. The van der Waals surface area contributed by atoms with Gasteiger partial charge >= 0.3 is 5.97 Å². The molecule has 216 valence electrons. The topological polar surface area (TPSA) is 119 Å². The molecule has 0 bridgehead atoms. The molecule has 0 aliphatic carbocycles. The molecule has 1 N–H and O–H groups in total. The van der Waals surface area contributed by atoms with Crippen LogP contribution in [0.3, 0.4) is 0 Å². The van der Waals surface area contributed by atoms with Gasteiger partial charge in [0.25, 0.3) is 0 Å². The summed E-state index contributed by atoms with van der Waals surface area (Å²) in [6, 6.07) is 11.1. The van der Waals surface area contributed by atoms with Crippen molar-refractivity contribution in [2.75, 3.05) is 55.0 Å². The Labute approximate surface area is 239 Å². The van der Waals surface area contributed by atoms with Gasteiger partial charge in [0.15, 0.2) is 17.3 Å². The highest BCUT2D eigenvalue weighted by atomic mass is 16.5. The lowest BCUT2D eigenvalue weighted by molar-refractivity contribution is -0.123. The molecule has 2 aromatic heterocycles. The number of para-hydroxylation sites is 2. The van der Waals surface area contributed by atoms with Crippen LogP contribution in [0.1, 0.15) is 43.5 Å². The van der Waals surface area contributed by atoms with Crippen molar-refractivity contribution in [3.8, 4) is 11.5 Å². The van der Waals surface area contributed by atoms with E-state index in [0.717, 1.165) is 30.9 Å². The van der Waals surface area contributed by atoms with Gasteiger partial charge in [-0.3, -0.25) is 9.78 Å². The van der Waals surface area contributed by atoms with Crippen molar-refractivity contribution in [1.82, 2.24) is 15.0 Å². The third kappa shape index (κ3) is 6.34. The molecule has 0 radical (unpaired) electrons. The first-order valence-electron chi connectivity index (χ1n) is 14.0. The van der Waals surface area contributed by atoms with Crippen LogP contribution in [0, 0.1) is 5.41 Å². The standard InChI is InChI=1S/C30H36N6O5/c1-4-40-23-11-5-6-12-24(23)41-21-9-8-15-35(19-21)26-18-31-17-25(33-26)34-29(38)30(2)13-16-36(20-30)27-22(28(37)39-3)10-7-14-32-27/h5-7,10-12,14,17-18,21H,4,8-9,13,15-16,19-20H2,1-3H3,(H,33,34,38)/t21-,30?/m1/s1. The predicted molar refractivity (Wildman–Crippen MR) is 155 cm³/mol. The summed E-state index contributed by atoms with van der Waals surface area (Å²) in [6.45, 7) is 6.88. The summed E-state index contributed by atoms with van der Waals surface area (Å²) >= 11 is 0. The maximum Gasteiger partial charge on any atom is 0.341 e. The molecular formula is C30H36N6O5. The number of hydrogen-bond donors (Lipinski definition) is 1. The fraction of sp³-hybridized carbons (Fsp3) is 0.433. The number of anilines is 3. The smallest absolute Gasteiger partial charge is 0.341 e. The van der Waals surface area contributed by atoms with Crippen LogP contribution < -0.4 is 24.6 Å². The van der Waals surface area contributed by atoms with Gasteiger partial charge in [0.1, 0.15) is 23.3 Å². The monoisotopic (exact) mass is 560 g/mol. The number of rotatable bonds is 9. The zero-order valence-electron chi connectivity index (χ0n) is 23.7. The zero-order chi connectivity index (χ0) is 28.8. The van der Waals surface area contributed by atoms with Crippen molar-refractivity contribution in [2.45, 2.75) is 39.2 Å². The summed E-state index contributed by atoms with van der Waals surface area (Å²) in [4.78, 5) is 43.3.